The molecular weight excluding hydrogens is 703 g/mol. The monoisotopic (exact) mass is 753 g/mol. The number of piperidine rings is 1. The minimum atomic E-state index is -0.591. The van der Waals surface area contributed by atoms with Gasteiger partial charge in [0.1, 0.15) is 24.1 Å². The van der Waals surface area contributed by atoms with Crippen LogP contribution in [0.15, 0.2) is 97.1 Å². The molecule has 4 aromatic rings. The Labute approximate surface area is 329 Å². The lowest BCUT2D eigenvalue weighted by Gasteiger charge is -2.37. The SMILES string of the molecule is CCC(=C(c1ccc(O)cc1)c1ccc(OCCN2CCC(CN3CCN(c4ccc5c(c4)CN(C4CCC(=O)NC4=O)C5=O)CC3)C2)cc1)c1ccccc1. The minimum Gasteiger partial charge on any atom is -0.508 e. The van der Waals surface area contributed by atoms with E-state index in [4.69, 9.17) is 4.74 Å². The standard InChI is InChI=1S/C46H51N5O5/c1-2-40(33-6-4-3-5-7-33)44(34-8-13-38(52)14-9-34)35-10-15-39(16-11-35)56-27-26-48-21-20-32(29-48)30-49-22-24-50(25-23-49)37-12-17-41-36(28-37)31-51(46(41)55)42-18-19-43(53)47-45(42)54/h3-17,28,32,42,52H,2,18-27,29-31H2,1H3,(H,47,53,54). The fraction of sp³-hybridized carbons (Fsp3) is 0.370. The number of likely N-dealkylation sites (tertiary alicyclic amines) is 1. The third-order valence-electron chi connectivity index (χ3n) is 11.9. The molecule has 4 aliphatic rings. The first-order chi connectivity index (χ1) is 27.3. The Morgan fingerprint density at radius 3 is 2.25 bits per heavy atom. The van der Waals surface area contributed by atoms with Crippen molar-refractivity contribution in [2.75, 3.05) is 63.9 Å². The van der Waals surface area contributed by atoms with Gasteiger partial charge in [-0.15, -0.1) is 0 Å². The van der Waals surface area contributed by atoms with Crippen molar-refractivity contribution in [1.29, 1.82) is 0 Å². The van der Waals surface area contributed by atoms with Crippen LogP contribution in [0.2, 0.25) is 0 Å². The number of fused-ring (bicyclic) bond motifs is 1. The summed E-state index contributed by atoms with van der Waals surface area (Å²) in [6.07, 6.45) is 2.71. The van der Waals surface area contributed by atoms with Gasteiger partial charge >= 0.3 is 0 Å². The van der Waals surface area contributed by atoms with Crippen molar-refractivity contribution < 1.29 is 24.2 Å². The fourth-order valence-electron chi connectivity index (χ4n) is 8.89. The molecule has 0 radical (unpaired) electrons. The van der Waals surface area contributed by atoms with E-state index in [9.17, 15) is 19.5 Å². The number of carbonyl (C=O) groups excluding carboxylic acids is 3. The molecule has 3 amide bonds. The van der Waals surface area contributed by atoms with Crippen molar-refractivity contribution in [3.63, 3.8) is 0 Å². The summed E-state index contributed by atoms with van der Waals surface area (Å²) in [7, 11) is 0. The number of hydrogen-bond donors (Lipinski definition) is 2. The lowest BCUT2D eigenvalue weighted by Crippen LogP contribution is -2.52. The molecule has 0 aliphatic carbocycles. The van der Waals surface area contributed by atoms with Crippen LogP contribution in [0, 0.1) is 5.92 Å². The van der Waals surface area contributed by atoms with Crippen LogP contribution in [0.3, 0.4) is 0 Å². The number of benzene rings is 4. The molecule has 4 aliphatic heterocycles. The lowest BCUT2D eigenvalue weighted by atomic mass is 9.88. The molecule has 0 aromatic heterocycles. The first-order valence-electron chi connectivity index (χ1n) is 20.1. The molecule has 4 heterocycles. The lowest BCUT2D eigenvalue weighted by molar-refractivity contribution is -0.136. The van der Waals surface area contributed by atoms with Crippen LogP contribution >= 0.6 is 0 Å². The summed E-state index contributed by atoms with van der Waals surface area (Å²) in [5.74, 6) is 0.996. The van der Waals surface area contributed by atoms with E-state index in [2.05, 4.69) is 81.5 Å². The predicted octanol–water partition coefficient (Wildman–Crippen LogP) is 6.05. The number of imide groups is 1. The molecule has 290 valence electrons. The summed E-state index contributed by atoms with van der Waals surface area (Å²) in [6, 6.07) is 31.9. The number of amides is 3. The van der Waals surface area contributed by atoms with E-state index in [1.54, 1.807) is 17.0 Å². The number of carbonyl (C=O) groups is 3. The largest absolute Gasteiger partial charge is 0.508 e. The minimum absolute atomic E-state index is 0.128. The maximum absolute atomic E-state index is 13.1. The number of nitrogens with one attached hydrogen (secondary N) is 1. The molecule has 10 nitrogen and oxygen atoms in total. The molecule has 0 bridgehead atoms. The Balaban J connectivity index is 0.798. The average Bonchev–Trinajstić information content (AvgIpc) is 3.81. The Bertz CT molecular complexity index is 2080. The molecule has 0 saturated carbocycles. The fourth-order valence-corrected chi connectivity index (χ4v) is 8.89. The van der Waals surface area contributed by atoms with Crippen LogP contribution in [0.25, 0.3) is 11.1 Å². The number of ether oxygens (including phenoxy) is 1. The summed E-state index contributed by atoms with van der Waals surface area (Å²) in [5.41, 5.74) is 8.54. The van der Waals surface area contributed by atoms with Crippen molar-refractivity contribution in [2.45, 2.75) is 45.2 Å². The third-order valence-corrected chi connectivity index (χ3v) is 11.9. The van der Waals surface area contributed by atoms with E-state index >= 15 is 0 Å². The van der Waals surface area contributed by atoms with Crippen molar-refractivity contribution in [1.82, 2.24) is 20.0 Å². The Morgan fingerprint density at radius 1 is 0.804 bits per heavy atom. The smallest absolute Gasteiger partial charge is 0.255 e. The Kier molecular flexibility index (Phi) is 11.2. The van der Waals surface area contributed by atoms with Crippen molar-refractivity contribution in [3.8, 4) is 11.5 Å². The number of hydrogen-bond acceptors (Lipinski definition) is 8. The second kappa shape index (κ2) is 16.7. The zero-order valence-electron chi connectivity index (χ0n) is 32.2. The molecule has 10 heteroatoms. The molecule has 2 atom stereocenters. The second-order valence-corrected chi connectivity index (χ2v) is 15.5. The highest BCUT2D eigenvalue weighted by Gasteiger charge is 2.39. The highest BCUT2D eigenvalue weighted by molar-refractivity contribution is 6.05. The van der Waals surface area contributed by atoms with Gasteiger partial charge in [0.05, 0.1) is 0 Å². The highest BCUT2D eigenvalue weighted by Crippen LogP contribution is 2.36. The van der Waals surface area contributed by atoms with Gasteiger partial charge in [0.25, 0.3) is 5.91 Å². The zero-order valence-corrected chi connectivity index (χ0v) is 32.2. The van der Waals surface area contributed by atoms with Gasteiger partial charge < -0.3 is 19.6 Å². The van der Waals surface area contributed by atoms with E-state index in [1.807, 2.05) is 30.3 Å². The van der Waals surface area contributed by atoms with Crippen LogP contribution in [-0.4, -0.2) is 103 Å². The molecular formula is C46H51N5O5. The Hall–Kier alpha value is -5.45. The summed E-state index contributed by atoms with van der Waals surface area (Å²) in [6.45, 7) is 11.3. The molecule has 56 heavy (non-hydrogen) atoms. The van der Waals surface area contributed by atoms with Crippen LogP contribution < -0.4 is 15.0 Å². The second-order valence-electron chi connectivity index (χ2n) is 15.5. The first kappa shape index (κ1) is 37.5. The number of allylic oxidation sites excluding steroid dienone is 1. The number of rotatable bonds is 12. The maximum atomic E-state index is 13.1. The van der Waals surface area contributed by atoms with Crippen molar-refractivity contribution in [2.24, 2.45) is 5.92 Å². The van der Waals surface area contributed by atoms with Gasteiger partial charge in [-0.25, -0.2) is 0 Å². The molecule has 3 saturated heterocycles. The number of aromatic hydroxyl groups is 1. The maximum Gasteiger partial charge on any atom is 0.255 e. The number of phenols is 1. The highest BCUT2D eigenvalue weighted by atomic mass is 16.5. The molecule has 2 unspecified atom stereocenters. The van der Waals surface area contributed by atoms with Crippen LogP contribution in [0.1, 0.15) is 65.2 Å². The summed E-state index contributed by atoms with van der Waals surface area (Å²) in [4.78, 5) is 46.3. The van der Waals surface area contributed by atoms with Gasteiger partial charge in [0, 0.05) is 70.0 Å². The van der Waals surface area contributed by atoms with Gasteiger partial charge in [0.15, 0.2) is 0 Å². The van der Waals surface area contributed by atoms with E-state index in [0.717, 1.165) is 92.5 Å². The predicted molar refractivity (Wildman–Crippen MR) is 218 cm³/mol. The van der Waals surface area contributed by atoms with E-state index in [1.165, 1.54) is 17.6 Å². The number of phenolic OH excluding ortho intramolecular Hbond substituents is 1. The summed E-state index contributed by atoms with van der Waals surface area (Å²) < 4.78 is 6.26. The molecule has 0 spiro atoms. The number of piperazine rings is 1. The summed E-state index contributed by atoms with van der Waals surface area (Å²) in [5, 5.41) is 12.3. The zero-order chi connectivity index (χ0) is 38.6. The van der Waals surface area contributed by atoms with E-state index < -0.39 is 6.04 Å². The normalized spacial score (nSPS) is 20.9. The number of anilines is 1. The first-order valence-corrected chi connectivity index (χ1v) is 20.1. The van der Waals surface area contributed by atoms with Crippen LogP contribution in [0.4, 0.5) is 5.69 Å². The molecule has 2 N–H and O–H groups in total. The third kappa shape index (κ3) is 8.22. The van der Waals surface area contributed by atoms with Crippen molar-refractivity contribution in [3.05, 3.63) is 125 Å². The quantitative estimate of drug-likeness (QED) is 0.133. The molecule has 3 fully saturated rings. The van der Waals surface area contributed by atoms with E-state index in [-0.39, 0.29) is 29.9 Å². The van der Waals surface area contributed by atoms with Gasteiger partial charge in [-0.05, 0) is 108 Å². The van der Waals surface area contributed by atoms with E-state index in [0.29, 0.717) is 31.1 Å². The van der Waals surface area contributed by atoms with Gasteiger partial charge in [-0.2, -0.15) is 0 Å². The topological polar surface area (TPSA) is 106 Å². The summed E-state index contributed by atoms with van der Waals surface area (Å²) >= 11 is 0. The van der Waals surface area contributed by atoms with Crippen LogP contribution in [-0.2, 0) is 16.1 Å². The Morgan fingerprint density at radius 2 is 1.54 bits per heavy atom. The molecule has 4 aromatic carbocycles. The molecule has 8 rings (SSSR count). The average molecular weight is 754 g/mol. The number of nitrogens with zero attached hydrogens (tertiary/aromatic N) is 4. The van der Waals surface area contributed by atoms with Gasteiger partial charge in [0.2, 0.25) is 11.8 Å². The van der Waals surface area contributed by atoms with Gasteiger partial charge in [-0.1, -0.05) is 61.5 Å². The van der Waals surface area contributed by atoms with Gasteiger partial charge in [-0.3, -0.25) is 29.5 Å². The van der Waals surface area contributed by atoms with Crippen molar-refractivity contribution >= 4 is 34.6 Å². The van der Waals surface area contributed by atoms with Crippen LogP contribution in [0.5, 0.6) is 11.5 Å².